The van der Waals surface area contributed by atoms with Crippen molar-refractivity contribution in [1.29, 1.82) is 5.26 Å². The standard InChI is InChI=1S/C10H9ClN2OS/c11-6-9(14)13-10(7-12)15-8-4-2-1-3-5-8/h1-5,10H,6H2,(H,13,14). The van der Waals surface area contributed by atoms with Crippen LogP contribution in [-0.2, 0) is 4.79 Å². The summed E-state index contributed by atoms with van der Waals surface area (Å²) in [6.07, 6.45) is 0. The molecule has 0 aliphatic rings. The predicted octanol–water partition coefficient (Wildman–Crippen LogP) is 1.98. The Bertz CT molecular complexity index is 363. The molecule has 0 fully saturated rings. The number of hydrogen-bond acceptors (Lipinski definition) is 3. The van der Waals surface area contributed by atoms with Crippen molar-refractivity contribution in [3.8, 4) is 6.07 Å². The molecule has 1 unspecified atom stereocenters. The second kappa shape index (κ2) is 6.33. The smallest absolute Gasteiger partial charge is 0.236 e. The molecule has 1 rings (SSSR count). The third kappa shape index (κ3) is 4.24. The van der Waals surface area contributed by atoms with E-state index < -0.39 is 5.37 Å². The van der Waals surface area contributed by atoms with Crippen LogP contribution in [0.4, 0.5) is 0 Å². The van der Waals surface area contributed by atoms with Crippen molar-refractivity contribution in [3.63, 3.8) is 0 Å². The molecule has 0 aromatic heterocycles. The highest BCUT2D eigenvalue weighted by molar-refractivity contribution is 8.00. The summed E-state index contributed by atoms with van der Waals surface area (Å²) in [5.74, 6) is -0.472. The molecule has 78 valence electrons. The van der Waals surface area contributed by atoms with E-state index in [0.717, 1.165) is 4.90 Å². The second-order valence-electron chi connectivity index (χ2n) is 2.64. The Morgan fingerprint density at radius 3 is 2.73 bits per heavy atom. The number of carbonyl (C=O) groups excluding carboxylic acids is 1. The molecule has 1 atom stereocenters. The number of nitrogens with one attached hydrogen (secondary N) is 1. The Morgan fingerprint density at radius 1 is 1.53 bits per heavy atom. The van der Waals surface area contributed by atoms with E-state index in [0.29, 0.717) is 0 Å². The number of halogens is 1. The van der Waals surface area contributed by atoms with Crippen LogP contribution in [0.1, 0.15) is 0 Å². The zero-order valence-corrected chi connectivity index (χ0v) is 9.39. The van der Waals surface area contributed by atoms with Crippen LogP contribution in [0.2, 0.25) is 0 Å². The lowest BCUT2D eigenvalue weighted by Crippen LogP contribution is -2.32. The Balaban J connectivity index is 2.55. The third-order valence-corrected chi connectivity index (χ3v) is 2.77. The van der Waals surface area contributed by atoms with Crippen LogP contribution in [0.15, 0.2) is 35.2 Å². The molecule has 0 aliphatic carbocycles. The monoisotopic (exact) mass is 240 g/mol. The SMILES string of the molecule is N#CC(NC(=O)CCl)Sc1ccccc1. The van der Waals surface area contributed by atoms with Gasteiger partial charge in [0.2, 0.25) is 5.91 Å². The summed E-state index contributed by atoms with van der Waals surface area (Å²) in [6.45, 7) is 0. The normalized spacial score (nSPS) is 11.5. The summed E-state index contributed by atoms with van der Waals surface area (Å²) in [4.78, 5) is 11.9. The molecule has 5 heteroatoms. The minimum atomic E-state index is -0.598. The first-order valence-electron chi connectivity index (χ1n) is 4.23. The van der Waals surface area contributed by atoms with Gasteiger partial charge >= 0.3 is 0 Å². The quantitative estimate of drug-likeness (QED) is 0.498. The molecule has 1 aromatic rings. The van der Waals surface area contributed by atoms with Gasteiger partial charge in [0.15, 0.2) is 5.37 Å². The van der Waals surface area contributed by atoms with Crippen molar-refractivity contribution >= 4 is 29.3 Å². The zero-order valence-electron chi connectivity index (χ0n) is 7.81. The van der Waals surface area contributed by atoms with Crippen molar-refractivity contribution in [2.45, 2.75) is 10.3 Å². The second-order valence-corrected chi connectivity index (χ2v) is 4.09. The first kappa shape index (κ1) is 11.9. The molecule has 15 heavy (non-hydrogen) atoms. The first-order chi connectivity index (χ1) is 7.26. The van der Waals surface area contributed by atoms with Gasteiger partial charge in [0.05, 0.1) is 6.07 Å². The summed E-state index contributed by atoms with van der Waals surface area (Å²) in [7, 11) is 0. The van der Waals surface area contributed by atoms with Crippen molar-refractivity contribution in [1.82, 2.24) is 5.32 Å². The van der Waals surface area contributed by atoms with E-state index in [9.17, 15) is 4.79 Å². The summed E-state index contributed by atoms with van der Waals surface area (Å²) in [5, 5.41) is 10.7. The minimum absolute atomic E-state index is 0.131. The molecule has 0 saturated carbocycles. The molecule has 1 amide bonds. The van der Waals surface area contributed by atoms with Crippen LogP contribution in [0.25, 0.3) is 0 Å². The highest BCUT2D eigenvalue weighted by atomic mass is 35.5. The lowest BCUT2D eigenvalue weighted by Gasteiger charge is -2.09. The Kier molecular flexibility index (Phi) is 5.02. The average molecular weight is 241 g/mol. The fourth-order valence-electron chi connectivity index (χ4n) is 0.908. The van der Waals surface area contributed by atoms with Gasteiger partial charge in [0.25, 0.3) is 0 Å². The number of carbonyl (C=O) groups is 1. The topological polar surface area (TPSA) is 52.9 Å². The molecule has 3 nitrogen and oxygen atoms in total. The summed E-state index contributed by atoms with van der Waals surface area (Å²) < 4.78 is 0. The molecule has 0 saturated heterocycles. The van der Waals surface area contributed by atoms with Gasteiger partial charge < -0.3 is 5.32 Å². The maximum absolute atomic E-state index is 11.0. The number of nitriles is 1. The van der Waals surface area contributed by atoms with Crippen LogP contribution < -0.4 is 5.32 Å². The van der Waals surface area contributed by atoms with Gasteiger partial charge in [-0.25, -0.2) is 0 Å². The van der Waals surface area contributed by atoms with Gasteiger partial charge in [-0.15, -0.1) is 11.6 Å². The number of alkyl halides is 1. The van der Waals surface area contributed by atoms with Gasteiger partial charge in [0, 0.05) is 4.90 Å². The Morgan fingerprint density at radius 2 is 2.20 bits per heavy atom. The van der Waals surface area contributed by atoms with E-state index in [-0.39, 0.29) is 11.8 Å². The maximum Gasteiger partial charge on any atom is 0.236 e. The van der Waals surface area contributed by atoms with Gasteiger partial charge in [-0.3, -0.25) is 4.79 Å². The van der Waals surface area contributed by atoms with Crippen LogP contribution in [0.3, 0.4) is 0 Å². The first-order valence-corrected chi connectivity index (χ1v) is 5.64. The van der Waals surface area contributed by atoms with Crippen molar-refractivity contribution < 1.29 is 4.79 Å². The molecule has 0 heterocycles. The van der Waals surface area contributed by atoms with E-state index in [1.165, 1.54) is 11.8 Å². The predicted molar refractivity (Wildman–Crippen MR) is 60.6 cm³/mol. The summed E-state index contributed by atoms with van der Waals surface area (Å²) in [6, 6.07) is 11.4. The van der Waals surface area contributed by atoms with E-state index in [2.05, 4.69) is 5.32 Å². The van der Waals surface area contributed by atoms with Crippen molar-refractivity contribution in [2.24, 2.45) is 0 Å². The van der Waals surface area contributed by atoms with E-state index in [4.69, 9.17) is 16.9 Å². The van der Waals surface area contributed by atoms with Crippen LogP contribution >= 0.6 is 23.4 Å². The molecule has 0 radical (unpaired) electrons. The number of nitrogens with zero attached hydrogens (tertiary/aromatic N) is 1. The highest BCUT2D eigenvalue weighted by Crippen LogP contribution is 2.20. The van der Waals surface area contributed by atoms with Crippen LogP contribution in [0, 0.1) is 11.3 Å². The fraction of sp³-hybridized carbons (Fsp3) is 0.200. The fourth-order valence-corrected chi connectivity index (χ4v) is 1.81. The van der Waals surface area contributed by atoms with Crippen LogP contribution in [-0.4, -0.2) is 17.2 Å². The largest absolute Gasteiger partial charge is 0.331 e. The number of hydrogen-bond donors (Lipinski definition) is 1. The van der Waals surface area contributed by atoms with E-state index in [1.54, 1.807) is 0 Å². The maximum atomic E-state index is 11.0. The minimum Gasteiger partial charge on any atom is -0.331 e. The lowest BCUT2D eigenvalue weighted by atomic mass is 10.4. The van der Waals surface area contributed by atoms with Crippen LogP contribution in [0.5, 0.6) is 0 Å². The Labute approximate surface area is 97.4 Å². The van der Waals surface area contributed by atoms with E-state index in [1.807, 2.05) is 36.4 Å². The molecular weight excluding hydrogens is 232 g/mol. The van der Waals surface area contributed by atoms with E-state index >= 15 is 0 Å². The van der Waals surface area contributed by atoms with Gasteiger partial charge in [-0.2, -0.15) is 5.26 Å². The Hall–Kier alpha value is -1.18. The lowest BCUT2D eigenvalue weighted by molar-refractivity contribution is -0.118. The summed E-state index contributed by atoms with van der Waals surface area (Å²) in [5.41, 5.74) is 0. The van der Waals surface area contributed by atoms with Gasteiger partial charge in [0.1, 0.15) is 5.88 Å². The third-order valence-electron chi connectivity index (χ3n) is 1.53. The molecule has 0 aliphatic heterocycles. The molecule has 1 aromatic carbocycles. The summed E-state index contributed by atoms with van der Waals surface area (Å²) >= 11 is 6.61. The molecule has 0 bridgehead atoms. The average Bonchev–Trinajstić information content (AvgIpc) is 2.29. The van der Waals surface area contributed by atoms with Crippen molar-refractivity contribution in [3.05, 3.63) is 30.3 Å². The van der Waals surface area contributed by atoms with Gasteiger partial charge in [-0.1, -0.05) is 30.0 Å². The molecule has 1 N–H and O–H groups in total. The van der Waals surface area contributed by atoms with Crippen molar-refractivity contribution in [2.75, 3.05) is 5.88 Å². The zero-order chi connectivity index (χ0) is 11.1. The number of thioether (sulfide) groups is 1. The number of rotatable bonds is 4. The molecule has 0 spiro atoms. The number of amides is 1. The van der Waals surface area contributed by atoms with Gasteiger partial charge in [-0.05, 0) is 12.1 Å². The number of benzene rings is 1. The molecular formula is C10H9ClN2OS. The highest BCUT2D eigenvalue weighted by Gasteiger charge is 2.11.